The summed E-state index contributed by atoms with van der Waals surface area (Å²) in [5.41, 5.74) is 0. The number of phenolic OH excluding ortho intramolecular Hbond substituents is 1. The topological polar surface area (TPSA) is 80.4 Å². The van der Waals surface area contributed by atoms with Crippen LogP contribution in [0.4, 0.5) is 0 Å². The molecule has 11 heavy (non-hydrogen) atoms. The second-order valence-electron chi connectivity index (χ2n) is 1.62. The summed E-state index contributed by atoms with van der Waals surface area (Å²) in [5.74, 6) is 0.322. The number of aromatic hydroxyl groups is 1. The fourth-order valence-corrected chi connectivity index (χ4v) is 0.428. The van der Waals surface area contributed by atoms with Gasteiger partial charge in [-0.15, -0.1) is 0 Å². The van der Waals surface area contributed by atoms with E-state index in [1.165, 1.54) is 0 Å². The first-order chi connectivity index (χ1) is 5.13. The Labute approximate surface area is 66.4 Å². The Balaban J connectivity index is 0.000000218. The van der Waals surface area contributed by atoms with E-state index in [4.69, 9.17) is 13.5 Å². The Kier molecular flexibility index (Phi) is 5.14. The van der Waals surface area contributed by atoms with E-state index in [0.29, 0.717) is 5.75 Å². The Bertz CT molecular complexity index is 250. The summed E-state index contributed by atoms with van der Waals surface area (Å²) in [6.07, 6.45) is 0. The van der Waals surface area contributed by atoms with Crippen LogP contribution in [0.5, 0.6) is 5.75 Å². The van der Waals surface area contributed by atoms with Crippen LogP contribution >= 0.6 is 0 Å². The van der Waals surface area contributed by atoms with Crippen molar-refractivity contribution in [3.8, 4) is 5.75 Å². The zero-order valence-electron chi connectivity index (χ0n) is 5.68. The summed E-state index contributed by atoms with van der Waals surface area (Å²) < 4.78 is 17.6. The standard InChI is InChI=1S/C6H6O.H3NO2S/c7-6-4-2-1-3-5-6;1-4(2)3/h1-5,7H;4H,(H2,1,2,3). The third-order valence-corrected chi connectivity index (χ3v) is 0.756. The van der Waals surface area contributed by atoms with Gasteiger partial charge in [0.15, 0.2) is 10.9 Å². The van der Waals surface area contributed by atoms with E-state index in [1.54, 1.807) is 24.3 Å². The SMILES string of the molecule is N[SH](=O)=O.Oc1ccccc1. The molecule has 0 spiro atoms. The minimum atomic E-state index is -2.62. The van der Waals surface area contributed by atoms with Gasteiger partial charge < -0.3 is 5.11 Å². The molecule has 0 bridgehead atoms. The predicted octanol–water partition coefficient (Wildman–Crippen LogP) is -0.136. The Morgan fingerprint density at radius 3 is 1.73 bits per heavy atom. The summed E-state index contributed by atoms with van der Waals surface area (Å²) in [4.78, 5) is 0. The van der Waals surface area contributed by atoms with Crippen LogP contribution in [-0.4, -0.2) is 13.5 Å². The molecule has 62 valence electrons. The zero-order valence-corrected chi connectivity index (χ0v) is 6.57. The first-order valence-electron chi connectivity index (χ1n) is 2.76. The highest BCUT2D eigenvalue weighted by Crippen LogP contribution is 2.02. The van der Waals surface area contributed by atoms with Gasteiger partial charge in [0.1, 0.15) is 5.75 Å². The monoisotopic (exact) mass is 175 g/mol. The first kappa shape index (κ1) is 9.93. The number of thiol groups is 1. The number of rotatable bonds is 0. The third kappa shape index (κ3) is 8.93. The number of nitrogens with two attached hydrogens (primary N) is 1. The molecule has 1 aromatic rings. The van der Waals surface area contributed by atoms with E-state index >= 15 is 0 Å². The molecular weight excluding hydrogens is 166 g/mol. The second-order valence-corrected chi connectivity index (χ2v) is 2.19. The molecule has 1 rings (SSSR count). The molecule has 0 aliphatic carbocycles. The van der Waals surface area contributed by atoms with Crippen LogP contribution in [0.15, 0.2) is 30.3 Å². The van der Waals surface area contributed by atoms with E-state index in [1.807, 2.05) is 6.07 Å². The molecule has 5 heteroatoms. The van der Waals surface area contributed by atoms with Gasteiger partial charge in [-0.25, -0.2) is 13.6 Å². The maximum atomic E-state index is 8.81. The minimum Gasteiger partial charge on any atom is -0.508 e. The van der Waals surface area contributed by atoms with Gasteiger partial charge in [-0.2, -0.15) is 0 Å². The molecule has 4 nitrogen and oxygen atoms in total. The van der Waals surface area contributed by atoms with Gasteiger partial charge in [-0.3, -0.25) is 0 Å². The van der Waals surface area contributed by atoms with Crippen LogP contribution in [0.1, 0.15) is 0 Å². The summed E-state index contributed by atoms with van der Waals surface area (Å²) in [7, 11) is -2.62. The minimum absolute atomic E-state index is 0.322. The summed E-state index contributed by atoms with van der Waals surface area (Å²) >= 11 is 0. The normalized spacial score (nSPS) is 8.55. The molecule has 0 saturated carbocycles. The zero-order chi connectivity index (χ0) is 8.69. The van der Waals surface area contributed by atoms with Gasteiger partial charge in [0.05, 0.1) is 0 Å². The van der Waals surface area contributed by atoms with Gasteiger partial charge in [0, 0.05) is 0 Å². The molecule has 0 aliphatic heterocycles. The molecular formula is C6H9NO3S. The highest BCUT2D eigenvalue weighted by Gasteiger charge is 1.74. The molecule has 3 N–H and O–H groups in total. The van der Waals surface area contributed by atoms with Crippen LogP contribution in [0.25, 0.3) is 0 Å². The summed E-state index contributed by atoms with van der Waals surface area (Å²) in [6.45, 7) is 0. The average Bonchev–Trinajstić information content (AvgIpc) is 1.87. The van der Waals surface area contributed by atoms with E-state index < -0.39 is 10.9 Å². The van der Waals surface area contributed by atoms with Crippen molar-refractivity contribution in [2.75, 3.05) is 0 Å². The van der Waals surface area contributed by atoms with Crippen molar-refractivity contribution >= 4 is 10.9 Å². The highest BCUT2D eigenvalue weighted by molar-refractivity contribution is 7.69. The lowest BCUT2D eigenvalue weighted by Gasteiger charge is -1.82. The van der Waals surface area contributed by atoms with Crippen LogP contribution < -0.4 is 5.14 Å². The van der Waals surface area contributed by atoms with Crippen molar-refractivity contribution in [1.82, 2.24) is 0 Å². The predicted molar refractivity (Wildman–Crippen MR) is 42.6 cm³/mol. The van der Waals surface area contributed by atoms with Gasteiger partial charge >= 0.3 is 0 Å². The number of phenols is 1. The number of hydrogen-bond donors (Lipinski definition) is 3. The van der Waals surface area contributed by atoms with Crippen LogP contribution in [0, 0.1) is 0 Å². The molecule has 0 saturated heterocycles. The fraction of sp³-hybridized carbons (Fsp3) is 0. The number of benzene rings is 1. The Morgan fingerprint density at radius 2 is 1.55 bits per heavy atom. The lowest BCUT2D eigenvalue weighted by Crippen LogP contribution is -1.85. The Hall–Kier alpha value is -1.07. The molecule has 0 aliphatic rings. The van der Waals surface area contributed by atoms with Crippen molar-refractivity contribution in [3.05, 3.63) is 30.3 Å². The van der Waals surface area contributed by atoms with Gasteiger partial charge in [0.2, 0.25) is 0 Å². The van der Waals surface area contributed by atoms with Gasteiger partial charge in [-0.1, -0.05) is 18.2 Å². The maximum Gasteiger partial charge on any atom is 0.198 e. The van der Waals surface area contributed by atoms with Crippen molar-refractivity contribution in [2.45, 2.75) is 0 Å². The van der Waals surface area contributed by atoms with Crippen molar-refractivity contribution < 1.29 is 13.5 Å². The molecule has 0 atom stereocenters. The van der Waals surface area contributed by atoms with Crippen molar-refractivity contribution in [1.29, 1.82) is 0 Å². The van der Waals surface area contributed by atoms with E-state index in [9.17, 15) is 0 Å². The number of para-hydroxylation sites is 1. The molecule has 0 radical (unpaired) electrons. The van der Waals surface area contributed by atoms with E-state index in [2.05, 4.69) is 5.14 Å². The quantitative estimate of drug-likeness (QED) is 0.480. The van der Waals surface area contributed by atoms with Crippen molar-refractivity contribution in [3.63, 3.8) is 0 Å². The van der Waals surface area contributed by atoms with E-state index in [0.717, 1.165) is 0 Å². The first-order valence-corrected chi connectivity index (χ1v) is 4.00. The second kappa shape index (κ2) is 5.70. The fourth-order valence-electron chi connectivity index (χ4n) is 0.428. The smallest absolute Gasteiger partial charge is 0.198 e. The van der Waals surface area contributed by atoms with Gasteiger partial charge in [-0.05, 0) is 12.1 Å². The molecule has 0 heterocycles. The van der Waals surface area contributed by atoms with Crippen LogP contribution in [0.3, 0.4) is 0 Å². The molecule has 0 amide bonds. The summed E-state index contributed by atoms with van der Waals surface area (Å²) in [5, 5.41) is 12.7. The molecule has 0 fully saturated rings. The highest BCUT2D eigenvalue weighted by atomic mass is 32.2. The molecule has 0 unspecified atom stereocenters. The lowest BCUT2D eigenvalue weighted by atomic mass is 10.3. The van der Waals surface area contributed by atoms with Crippen LogP contribution in [-0.2, 0) is 10.9 Å². The number of hydrogen-bond acceptors (Lipinski definition) is 3. The maximum absolute atomic E-state index is 8.81. The Morgan fingerprint density at radius 1 is 1.18 bits per heavy atom. The average molecular weight is 175 g/mol. The molecule has 1 aromatic carbocycles. The summed E-state index contributed by atoms with van der Waals surface area (Å²) in [6, 6.07) is 8.71. The third-order valence-electron chi connectivity index (χ3n) is 0.756. The van der Waals surface area contributed by atoms with Crippen LogP contribution in [0.2, 0.25) is 0 Å². The largest absolute Gasteiger partial charge is 0.508 e. The van der Waals surface area contributed by atoms with Crippen molar-refractivity contribution in [2.24, 2.45) is 5.14 Å². The van der Waals surface area contributed by atoms with Gasteiger partial charge in [0.25, 0.3) is 0 Å². The molecule has 0 aromatic heterocycles. The lowest BCUT2D eigenvalue weighted by molar-refractivity contribution is 0.475. The van der Waals surface area contributed by atoms with E-state index in [-0.39, 0.29) is 0 Å².